The molecule has 6 nitrogen and oxygen atoms in total. The molecule has 0 saturated carbocycles. The Morgan fingerprint density at radius 2 is 2.00 bits per heavy atom. The van der Waals surface area contributed by atoms with E-state index in [1.165, 1.54) is 0 Å². The van der Waals surface area contributed by atoms with Crippen molar-refractivity contribution in [3.63, 3.8) is 0 Å². The fourth-order valence-electron chi connectivity index (χ4n) is 1.97. The molecule has 0 aliphatic heterocycles. The number of ether oxygens (including phenoxy) is 1. The van der Waals surface area contributed by atoms with Crippen molar-refractivity contribution < 1.29 is 4.74 Å². The van der Waals surface area contributed by atoms with Crippen LogP contribution in [-0.2, 0) is 11.3 Å². The lowest BCUT2D eigenvalue weighted by Gasteiger charge is -2.24. The number of methoxy groups -OCH3 is 1. The Balaban J connectivity index is 1.89. The van der Waals surface area contributed by atoms with E-state index in [2.05, 4.69) is 37.7 Å². The summed E-state index contributed by atoms with van der Waals surface area (Å²) in [6, 6.07) is 10.1. The first kappa shape index (κ1) is 17.0. The Labute approximate surface area is 137 Å². The number of aromatic nitrogens is 2. The first-order chi connectivity index (χ1) is 11.0. The minimum absolute atomic E-state index is 0.247. The monoisotopic (exact) mass is 315 g/mol. The number of imidazole rings is 1. The Hall–Kier alpha value is -2.34. The highest BCUT2D eigenvalue weighted by molar-refractivity contribution is 5.79. The molecule has 124 valence electrons. The highest BCUT2D eigenvalue weighted by atomic mass is 16.5. The highest BCUT2D eigenvalue weighted by Gasteiger charge is 2.16. The van der Waals surface area contributed by atoms with Gasteiger partial charge in [-0.1, -0.05) is 30.3 Å². The van der Waals surface area contributed by atoms with Gasteiger partial charge in [0.2, 0.25) is 0 Å². The van der Waals surface area contributed by atoms with Gasteiger partial charge < -0.3 is 20.4 Å². The van der Waals surface area contributed by atoms with Gasteiger partial charge in [-0.15, -0.1) is 0 Å². The maximum atomic E-state index is 5.38. The van der Waals surface area contributed by atoms with E-state index in [-0.39, 0.29) is 5.60 Å². The number of guanidine groups is 1. The number of aromatic amines is 1. The summed E-state index contributed by atoms with van der Waals surface area (Å²) < 4.78 is 5.38. The normalized spacial score (nSPS) is 12.3. The maximum absolute atomic E-state index is 5.38. The number of hydrogen-bond donors (Lipinski definition) is 3. The molecule has 1 heterocycles. The lowest BCUT2D eigenvalue weighted by Crippen LogP contribution is -2.45. The third-order valence-electron chi connectivity index (χ3n) is 3.59. The van der Waals surface area contributed by atoms with E-state index in [1.54, 1.807) is 14.2 Å². The van der Waals surface area contributed by atoms with Crippen LogP contribution in [0.25, 0.3) is 11.3 Å². The van der Waals surface area contributed by atoms with Crippen LogP contribution < -0.4 is 10.6 Å². The van der Waals surface area contributed by atoms with Crippen LogP contribution in [0.5, 0.6) is 0 Å². The molecular weight excluding hydrogens is 290 g/mol. The van der Waals surface area contributed by atoms with Gasteiger partial charge in [-0.3, -0.25) is 4.99 Å². The number of rotatable bonds is 6. The first-order valence-electron chi connectivity index (χ1n) is 7.63. The summed E-state index contributed by atoms with van der Waals surface area (Å²) in [5.74, 6) is 1.57. The summed E-state index contributed by atoms with van der Waals surface area (Å²) >= 11 is 0. The van der Waals surface area contributed by atoms with Crippen LogP contribution in [0, 0.1) is 0 Å². The number of nitrogens with zero attached hydrogens (tertiary/aromatic N) is 2. The summed E-state index contributed by atoms with van der Waals surface area (Å²) in [6.07, 6.45) is 1.84. The summed E-state index contributed by atoms with van der Waals surface area (Å²) in [7, 11) is 3.44. The average molecular weight is 315 g/mol. The van der Waals surface area contributed by atoms with E-state index in [1.807, 2.05) is 38.2 Å². The van der Waals surface area contributed by atoms with Gasteiger partial charge in [-0.05, 0) is 19.4 Å². The summed E-state index contributed by atoms with van der Waals surface area (Å²) in [5.41, 5.74) is 1.88. The molecule has 2 rings (SSSR count). The number of aliphatic imine (C=N–C) groups is 1. The van der Waals surface area contributed by atoms with Crippen molar-refractivity contribution in [3.8, 4) is 11.3 Å². The fraction of sp³-hybridized carbons (Fsp3) is 0.412. The Bertz CT molecular complexity index is 633. The van der Waals surface area contributed by atoms with Crippen molar-refractivity contribution in [2.45, 2.75) is 26.0 Å². The second-order valence-electron chi connectivity index (χ2n) is 5.85. The molecule has 0 unspecified atom stereocenters. The molecule has 0 aliphatic carbocycles. The van der Waals surface area contributed by atoms with Gasteiger partial charge in [0.25, 0.3) is 0 Å². The quantitative estimate of drug-likeness (QED) is 0.564. The molecule has 6 heteroatoms. The molecule has 1 aromatic carbocycles. The van der Waals surface area contributed by atoms with Crippen molar-refractivity contribution >= 4 is 5.96 Å². The van der Waals surface area contributed by atoms with Crippen molar-refractivity contribution in [1.82, 2.24) is 20.6 Å². The standard InChI is InChI=1S/C17H25N5O/c1-17(2,23-4)12-21-16(18-3)20-11-15-19-10-14(22-15)13-8-6-5-7-9-13/h5-10H,11-12H2,1-4H3,(H,19,22)(H2,18,20,21). The van der Waals surface area contributed by atoms with Gasteiger partial charge in [0.15, 0.2) is 5.96 Å². The summed E-state index contributed by atoms with van der Waals surface area (Å²) in [6.45, 7) is 5.27. The predicted molar refractivity (Wildman–Crippen MR) is 93.3 cm³/mol. The largest absolute Gasteiger partial charge is 0.377 e. The number of benzene rings is 1. The fourth-order valence-corrected chi connectivity index (χ4v) is 1.97. The Kier molecular flexibility index (Phi) is 5.76. The van der Waals surface area contributed by atoms with Gasteiger partial charge >= 0.3 is 0 Å². The van der Waals surface area contributed by atoms with Crippen molar-refractivity contribution in [2.75, 3.05) is 20.7 Å². The predicted octanol–water partition coefficient (Wildman–Crippen LogP) is 2.17. The van der Waals surface area contributed by atoms with E-state index >= 15 is 0 Å². The molecular formula is C17H25N5O. The lowest BCUT2D eigenvalue weighted by molar-refractivity contribution is 0.0268. The molecule has 2 aromatic rings. The van der Waals surface area contributed by atoms with Gasteiger partial charge in [0.1, 0.15) is 5.82 Å². The molecule has 3 N–H and O–H groups in total. The summed E-state index contributed by atoms with van der Waals surface area (Å²) in [4.78, 5) is 11.9. The zero-order valence-electron chi connectivity index (χ0n) is 14.2. The third kappa shape index (κ3) is 5.10. The molecule has 0 saturated heterocycles. The Morgan fingerprint density at radius 1 is 1.26 bits per heavy atom. The van der Waals surface area contributed by atoms with E-state index in [9.17, 15) is 0 Å². The van der Waals surface area contributed by atoms with Gasteiger partial charge in [-0.2, -0.15) is 0 Å². The van der Waals surface area contributed by atoms with E-state index in [4.69, 9.17) is 4.74 Å². The summed E-state index contributed by atoms with van der Waals surface area (Å²) in [5, 5.41) is 6.48. The van der Waals surface area contributed by atoms with E-state index < -0.39 is 0 Å². The van der Waals surface area contributed by atoms with Crippen molar-refractivity contribution in [3.05, 3.63) is 42.4 Å². The second kappa shape index (κ2) is 7.78. The van der Waals surface area contributed by atoms with Crippen LogP contribution in [0.4, 0.5) is 0 Å². The van der Waals surface area contributed by atoms with Crippen LogP contribution in [0.15, 0.2) is 41.5 Å². The first-order valence-corrected chi connectivity index (χ1v) is 7.63. The van der Waals surface area contributed by atoms with Crippen molar-refractivity contribution in [1.29, 1.82) is 0 Å². The topological polar surface area (TPSA) is 74.3 Å². The number of hydrogen-bond acceptors (Lipinski definition) is 3. The zero-order chi connectivity index (χ0) is 16.7. The molecule has 1 aromatic heterocycles. The van der Waals surface area contributed by atoms with Gasteiger partial charge in [-0.25, -0.2) is 4.98 Å². The SMILES string of the molecule is CN=C(NCc1ncc(-c2ccccc2)[nH]1)NCC(C)(C)OC. The van der Waals surface area contributed by atoms with Crippen LogP contribution in [0.1, 0.15) is 19.7 Å². The van der Waals surface area contributed by atoms with Crippen LogP contribution in [-0.4, -0.2) is 42.2 Å². The average Bonchev–Trinajstić information content (AvgIpc) is 3.05. The molecule has 0 spiro atoms. The number of nitrogens with one attached hydrogen (secondary N) is 3. The zero-order valence-corrected chi connectivity index (χ0v) is 14.2. The smallest absolute Gasteiger partial charge is 0.191 e. The number of H-pyrrole nitrogens is 1. The van der Waals surface area contributed by atoms with Crippen LogP contribution in [0.2, 0.25) is 0 Å². The van der Waals surface area contributed by atoms with E-state index in [0.717, 1.165) is 17.1 Å². The van der Waals surface area contributed by atoms with Crippen LogP contribution in [0.3, 0.4) is 0 Å². The highest BCUT2D eigenvalue weighted by Crippen LogP contribution is 2.15. The van der Waals surface area contributed by atoms with Crippen LogP contribution >= 0.6 is 0 Å². The Morgan fingerprint density at radius 3 is 2.65 bits per heavy atom. The third-order valence-corrected chi connectivity index (χ3v) is 3.59. The second-order valence-corrected chi connectivity index (χ2v) is 5.85. The van der Waals surface area contributed by atoms with Gasteiger partial charge in [0, 0.05) is 20.7 Å². The maximum Gasteiger partial charge on any atom is 0.191 e. The van der Waals surface area contributed by atoms with Gasteiger partial charge in [0.05, 0.1) is 24.0 Å². The molecule has 0 atom stereocenters. The molecule has 0 bridgehead atoms. The molecule has 23 heavy (non-hydrogen) atoms. The molecule has 0 aliphatic rings. The minimum atomic E-state index is -0.247. The minimum Gasteiger partial charge on any atom is -0.377 e. The molecule has 0 amide bonds. The molecule has 0 fully saturated rings. The van der Waals surface area contributed by atoms with E-state index in [0.29, 0.717) is 19.0 Å². The van der Waals surface area contributed by atoms with Crippen molar-refractivity contribution in [2.24, 2.45) is 4.99 Å². The lowest BCUT2D eigenvalue weighted by atomic mass is 10.1. The molecule has 0 radical (unpaired) electrons.